The van der Waals surface area contributed by atoms with Crippen molar-refractivity contribution in [1.82, 2.24) is 29.9 Å². The summed E-state index contributed by atoms with van der Waals surface area (Å²) in [6, 6.07) is 69.7. The summed E-state index contributed by atoms with van der Waals surface area (Å²) >= 11 is 0. The molecule has 3 radical (unpaired) electrons. The van der Waals surface area contributed by atoms with Gasteiger partial charge in [0.25, 0.3) is 0 Å². The average molecular weight is 2160 g/mol. The Hall–Kier alpha value is -8.07. The number of hydrogen-bond acceptors (Lipinski definition) is 12. The van der Waals surface area contributed by atoms with Crippen LogP contribution in [0.4, 0.5) is 0 Å². The van der Waals surface area contributed by atoms with E-state index in [2.05, 4.69) is 296 Å². The fraction of sp³-hybridized carbons (Fsp3) is 0.377. The van der Waals surface area contributed by atoms with Crippen LogP contribution in [0.1, 0.15) is 192 Å². The second kappa shape index (κ2) is 51.9. The van der Waals surface area contributed by atoms with E-state index < -0.39 is 0 Å². The Morgan fingerprint density at radius 2 is 0.537 bits per heavy atom. The van der Waals surface area contributed by atoms with Gasteiger partial charge in [0.05, 0.1) is 70.8 Å². The molecule has 0 aliphatic heterocycles. The van der Waals surface area contributed by atoms with Gasteiger partial charge in [-0.1, -0.05) is 264 Å². The number of aromatic nitrogens is 6. The molecule has 3 aromatic heterocycles. The molecule has 3 heterocycles. The number of aliphatic hydroxyl groups excluding tert-OH is 6. The molecular formula is C106H131Ir3N6O6-3. The summed E-state index contributed by atoms with van der Waals surface area (Å²) in [7, 11) is 0. The van der Waals surface area contributed by atoms with Crippen LogP contribution in [0.15, 0.2) is 188 Å². The Balaban J connectivity index is 0.000000321. The molecule has 9 aromatic carbocycles. The summed E-state index contributed by atoms with van der Waals surface area (Å²) in [6.45, 7) is 47.4. The summed E-state index contributed by atoms with van der Waals surface area (Å²) in [5.74, 6) is 1.51. The van der Waals surface area contributed by atoms with Crippen molar-refractivity contribution in [3.05, 3.63) is 285 Å². The molecule has 0 bridgehead atoms. The summed E-state index contributed by atoms with van der Waals surface area (Å²) < 4.78 is 0. The fourth-order valence-electron chi connectivity index (χ4n) is 14.8. The summed E-state index contributed by atoms with van der Waals surface area (Å²) in [5.41, 5.74) is 34.1. The minimum atomic E-state index is -0.381. The third-order valence-electron chi connectivity index (χ3n) is 19.8. The van der Waals surface area contributed by atoms with Gasteiger partial charge in [-0.2, -0.15) is 0 Å². The van der Waals surface area contributed by atoms with E-state index in [1.54, 1.807) is 6.92 Å². The van der Waals surface area contributed by atoms with E-state index in [-0.39, 0.29) is 96.9 Å². The normalized spacial score (nSPS) is 12.3. The van der Waals surface area contributed by atoms with Crippen molar-refractivity contribution in [2.75, 3.05) is 0 Å². The fourth-order valence-corrected chi connectivity index (χ4v) is 14.8. The summed E-state index contributed by atoms with van der Waals surface area (Å²) in [5, 5.41) is 55.2. The van der Waals surface area contributed by atoms with E-state index in [0.29, 0.717) is 37.0 Å². The van der Waals surface area contributed by atoms with Gasteiger partial charge in [0.15, 0.2) is 0 Å². The molecule has 0 aliphatic carbocycles. The largest absolute Gasteiger partial charge is 0.393 e. The smallest absolute Gasteiger partial charge is 0.0876 e. The molecule has 0 fully saturated rings. The van der Waals surface area contributed by atoms with Crippen LogP contribution < -0.4 is 0 Å². The van der Waals surface area contributed by atoms with Crippen LogP contribution in [0.5, 0.6) is 0 Å². The van der Waals surface area contributed by atoms with Crippen molar-refractivity contribution in [2.24, 2.45) is 17.8 Å². The number of benzene rings is 9. The number of aryl methyl sites for hydroxylation is 14. The molecule has 12 rings (SSSR count). The maximum Gasteiger partial charge on any atom is 0.0876 e. The van der Waals surface area contributed by atoms with Gasteiger partial charge in [-0.15, -0.1) is 105 Å². The Kier molecular flexibility index (Phi) is 45.1. The number of aliphatic hydroxyl groups is 6. The van der Waals surface area contributed by atoms with Crippen molar-refractivity contribution >= 4 is 0 Å². The molecule has 0 saturated carbocycles. The number of rotatable bonds is 23. The quantitative estimate of drug-likeness (QED) is 0.0332. The Labute approximate surface area is 765 Å². The van der Waals surface area contributed by atoms with Gasteiger partial charge < -0.3 is 45.6 Å². The van der Waals surface area contributed by atoms with Gasteiger partial charge in [0.2, 0.25) is 0 Å². The Morgan fingerprint density at radius 1 is 0.273 bits per heavy atom. The molecule has 651 valence electrons. The number of hydrogen-bond donors (Lipinski definition) is 6. The predicted molar refractivity (Wildman–Crippen MR) is 492 cm³/mol. The summed E-state index contributed by atoms with van der Waals surface area (Å²) in [6.07, 6.45) is 8.97. The van der Waals surface area contributed by atoms with E-state index in [4.69, 9.17) is 45.2 Å². The molecule has 0 amide bonds. The minimum absolute atomic E-state index is 0. The zero-order chi connectivity index (χ0) is 86.6. The van der Waals surface area contributed by atoms with Crippen molar-refractivity contribution in [3.8, 4) is 101 Å². The van der Waals surface area contributed by atoms with Crippen LogP contribution in [0.2, 0.25) is 0 Å². The Morgan fingerprint density at radius 3 is 0.818 bits per heavy atom. The first kappa shape index (κ1) is 105. The standard InChI is InChI=1S/2C27H25N2.C26H23N2.C11H24O2.C8H18O2.C7H16O2.3Ir/c2*1-17-10-18(2)13-22(12-17)26-27(23-14-19(3)11-20(4)15-23)29-25(16-28-26)24-9-7-6-8-21(24)5;1-17-10-18(2)13-22(12-17)25-26(23-14-19(3)11-20(4)15-23)28-24(16-27-25)21-8-6-5-7-9-21;1-8(2)5-10(12)7-11(13)6-9(3)4;1-6(2)4-8(10)5-7(3)9;1-3-6(8)5-7(9)4-2;;;/h2*6-12,14-16H,1-5H3;5-12,14-16H,1-4H3;8-13H,5-7H2,1-4H3;6-10H,4-5H2,1-3H3;6-9H,3-5H2,1-2H3;;;/q3*-1;;;;;;. The molecule has 0 spiro atoms. The van der Waals surface area contributed by atoms with Crippen molar-refractivity contribution in [3.63, 3.8) is 0 Å². The third kappa shape index (κ3) is 34.9. The van der Waals surface area contributed by atoms with Gasteiger partial charge in [-0.05, 0) is 159 Å². The minimum Gasteiger partial charge on any atom is -0.393 e. The zero-order valence-electron chi connectivity index (χ0n) is 75.6. The molecule has 121 heavy (non-hydrogen) atoms. The molecule has 0 saturated heterocycles. The first-order valence-corrected chi connectivity index (χ1v) is 42.1. The maximum atomic E-state index is 9.54. The van der Waals surface area contributed by atoms with Crippen LogP contribution in [0.25, 0.3) is 101 Å². The van der Waals surface area contributed by atoms with E-state index in [0.717, 1.165) is 150 Å². The molecule has 12 aromatic rings. The first-order chi connectivity index (χ1) is 55.9. The molecule has 6 atom stereocenters. The zero-order valence-corrected chi connectivity index (χ0v) is 82.8. The molecule has 15 heteroatoms. The van der Waals surface area contributed by atoms with E-state index in [9.17, 15) is 15.3 Å². The topological polar surface area (TPSA) is 199 Å². The van der Waals surface area contributed by atoms with Gasteiger partial charge in [-0.25, -0.2) is 0 Å². The van der Waals surface area contributed by atoms with Crippen molar-refractivity contribution in [2.45, 2.75) is 247 Å². The Bertz CT molecular complexity index is 4840. The second-order valence-electron chi connectivity index (χ2n) is 33.8. The van der Waals surface area contributed by atoms with Gasteiger partial charge in [0.1, 0.15) is 0 Å². The molecule has 6 N–H and O–H groups in total. The van der Waals surface area contributed by atoms with E-state index in [1.807, 2.05) is 62.8 Å². The SMILES string of the molecule is CC(C)CC(O)CC(C)O.CC(C)CC(O)CC(O)CC(C)C.CCC(O)CC(O)CC.Cc1[c-]c(-c2ncc(-c3ccccc3)nc2-c2cc(C)cc(C)c2)cc(C)c1.Cc1[c-]c(-c2ncc(-c3ccccc3C)nc2-c2cc(C)cc(C)c2)cc(C)c1.Cc1[c-]c(-c2ncc(-c3ccccc3C)nc2-c2cc(C)cc(C)c2)cc(C)c1.[Ir].[Ir].[Ir]. The van der Waals surface area contributed by atoms with Crippen LogP contribution >= 0.6 is 0 Å². The van der Waals surface area contributed by atoms with E-state index >= 15 is 0 Å². The third-order valence-corrected chi connectivity index (χ3v) is 19.8. The first-order valence-electron chi connectivity index (χ1n) is 42.1. The number of nitrogens with zero attached hydrogens (tertiary/aromatic N) is 6. The second-order valence-corrected chi connectivity index (χ2v) is 33.8. The van der Waals surface area contributed by atoms with Crippen LogP contribution in [-0.4, -0.2) is 97.2 Å². The summed E-state index contributed by atoms with van der Waals surface area (Å²) in [4.78, 5) is 29.9. The van der Waals surface area contributed by atoms with Crippen LogP contribution in [-0.2, 0) is 60.3 Å². The van der Waals surface area contributed by atoms with Crippen molar-refractivity contribution in [1.29, 1.82) is 0 Å². The molecule has 0 aliphatic rings. The van der Waals surface area contributed by atoms with Gasteiger partial charge in [-0.3, -0.25) is 15.0 Å². The molecular weight excluding hydrogens is 2030 g/mol. The average Bonchev–Trinajstić information content (AvgIpc) is 0.791. The van der Waals surface area contributed by atoms with Crippen LogP contribution in [0, 0.1) is 133 Å². The van der Waals surface area contributed by atoms with Crippen molar-refractivity contribution < 1.29 is 91.0 Å². The maximum absolute atomic E-state index is 9.54. The van der Waals surface area contributed by atoms with Gasteiger partial charge >= 0.3 is 0 Å². The van der Waals surface area contributed by atoms with E-state index in [1.165, 1.54) is 61.2 Å². The predicted octanol–water partition coefficient (Wildman–Crippen LogP) is 24.4. The van der Waals surface area contributed by atoms with Gasteiger partial charge in [0, 0.05) is 113 Å². The molecule has 6 unspecified atom stereocenters. The van der Waals surface area contributed by atoms with Crippen LogP contribution in [0.3, 0.4) is 0 Å². The molecule has 12 nitrogen and oxygen atoms in total. The monoisotopic (exact) mass is 2160 g/mol.